The Hall–Kier alpha value is -1.68. The van der Waals surface area contributed by atoms with Crippen LogP contribution in [0, 0.1) is 5.92 Å². The van der Waals surface area contributed by atoms with Gasteiger partial charge in [-0.15, -0.1) is 0 Å². The van der Waals surface area contributed by atoms with Crippen LogP contribution in [0.25, 0.3) is 10.9 Å². The molecule has 1 aliphatic carbocycles. The molecule has 1 aliphatic rings. The van der Waals surface area contributed by atoms with E-state index in [1.165, 1.54) is 6.42 Å². The number of fused-ring (bicyclic) bond motifs is 1. The van der Waals surface area contributed by atoms with Crippen LogP contribution in [0.3, 0.4) is 0 Å². The smallest absolute Gasteiger partial charge is 0.0950 e. The first kappa shape index (κ1) is 12.4. The monoisotopic (exact) mass is 257 g/mol. The van der Waals surface area contributed by atoms with Crippen molar-refractivity contribution in [3.05, 3.63) is 30.5 Å². The van der Waals surface area contributed by atoms with Crippen molar-refractivity contribution in [2.24, 2.45) is 5.92 Å². The molecule has 1 aromatic heterocycles. The van der Waals surface area contributed by atoms with Gasteiger partial charge in [0, 0.05) is 11.9 Å². The van der Waals surface area contributed by atoms with Crippen molar-refractivity contribution in [1.82, 2.24) is 10.2 Å². The van der Waals surface area contributed by atoms with Gasteiger partial charge in [-0.05, 0) is 31.2 Å². The Morgan fingerprint density at radius 2 is 2.16 bits per heavy atom. The Balaban J connectivity index is 1.71. The molecule has 0 aliphatic heterocycles. The molecule has 2 N–H and O–H groups in total. The van der Waals surface area contributed by atoms with Crippen LogP contribution in [0.5, 0.6) is 0 Å². The lowest BCUT2D eigenvalue weighted by Crippen LogP contribution is -2.25. The van der Waals surface area contributed by atoms with E-state index >= 15 is 0 Å². The SMILES string of the molecule is OC1CCCC(CNc2cnnc3ccccc23)C1. The summed E-state index contributed by atoms with van der Waals surface area (Å²) in [6.07, 6.45) is 5.85. The number of rotatable bonds is 3. The van der Waals surface area contributed by atoms with Crippen LogP contribution in [-0.4, -0.2) is 28.0 Å². The van der Waals surface area contributed by atoms with Gasteiger partial charge in [-0.3, -0.25) is 0 Å². The number of nitrogens with zero attached hydrogens (tertiary/aromatic N) is 2. The molecule has 4 nitrogen and oxygen atoms in total. The minimum absolute atomic E-state index is 0.118. The minimum atomic E-state index is -0.118. The van der Waals surface area contributed by atoms with E-state index in [0.29, 0.717) is 5.92 Å². The molecule has 0 bridgehead atoms. The fourth-order valence-electron chi connectivity index (χ4n) is 2.85. The van der Waals surface area contributed by atoms with Gasteiger partial charge < -0.3 is 10.4 Å². The van der Waals surface area contributed by atoms with E-state index < -0.39 is 0 Å². The van der Waals surface area contributed by atoms with Crippen molar-refractivity contribution in [2.45, 2.75) is 31.8 Å². The zero-order chi connectivity index (χ0) is 13.1. The summed E-state index contributed by atoms with van der Waals surface area (Å²) in [6, 6.07) is 8.01. The van der Waals surface area contributed by atoms with E-state index in [2.05, 4.69) is 21.6 Å². The summed E-state index contributed by atoms with van der Waals surface area (Å²) in [6.45, 7) is 0.896. The molecular weight excluding hydrogens is 238 g/mol. The third-order valence-corrected chi connectivity index (χ3v) is 3.88. The lowest BCUT2D eigenvalue weighted by molar-refractivity contribution is 0.105. The summed E-state index contributed by atoms with van der Waals surface area (Å²) in [5, 5.41) is 22.4. The first-order valence-corrected chi connectivity index (χ1v) is 6.95. The fraction of sp³-hybridized carbons (Fsp3) is 0.467. The Morgan fingerprint density at radius 3 is 3.05 bits per heavy atom. The Labute approximate surface area is 112 Å². The summed E-state index contributed by atoms with van der Waals surface area (Å²) in [4.78, 5) is 0. The van der Waals surface area contributed by atoms with Gasteiger partial charge in [-0.1, -0.05) is 24.6 Å². The van der Waals surface area contributed by atoms with Gasteiger partial charge in [0.1, 0.15) is 0 Å². The first-order chi connectivity index (χ1) is 9.33. The van der Waals surface area contributed by atoms with E-state index in [1.807, 2.05) is 18.2 Å². The van der Waals surface area contributed by atoms with Crippen molar-refractivity contribution in [3.63, 3.8) is 0 Å². The Morgan fingerprint density at radius 1 is 1.26 bits per heavy atom. The van der Waals surface area contributed by atoms with Crippen molar-refractivity contribution in [3.8, 4) is 0 Å². The molecule has 0 saturated heterocycles. The summed E-state index contributed by atoms with van der Waals surface area (Å²) in [5.41, 5.74) is 1.95. The normalized spacial score (nSPS) is 23.4. The first-order valence-electron chi connectivity index (χ1n) is 6.95. The highest BCUT2D eigenvalue weighted by molar-refractivity contribution is 5.90. The summed E-state index contributed by atoms with van der Waals surface area (Å²) >= 11 is 0. The van der Waals surface area contributed by atoms with Crippen molar-refractivity contribution in [1.29, 1.82) is 0 Å². The molecule has 1 aromatic carbocycles. The predicted octanol–water partition coefficient (Wildman–Crippen LogP) is 2.59. The van der Waals surface area contributed by atoms with Gasteiger partial charge in [0.25, 0.3) is 0 Å². The summed E-state index contributed by atoms with van der Waals surface area (Å²) in [5.74, 6) is 0.552. The maximum Gasteiger partial charge on any atom is 0.0950 e. The van der Waals surface area contributed by atoms with E-state index in [1.54, 1.807) is 6.20 Å². The fourth-order valence-corrected chi connectivity index (χ4v) is 2.85. The van der Waals surface area contributed by atoms with Gasteiger partial charge in [0.15, 0.2) is 0 Å². The second kappa shape index (κ2) is 5.53. The third-order valence-electron chi connectivity index (χ3n) is 3.88. The van der Waals surface area contributed by atoms with Crippen LogP contribution in [-0.2, 0) is 0 Å². The molecular formula is C15H19N3O. The lowest BCUT2D eigenvalue weighted by Gasteiger charge is -2.26. The average Bonchev–Trinajstić information content (AvgIpc) is 2.45. The van der Waals surface area contributed by atoms with Crippen LogP contribution in [0.4, 0.5) is 5.69 Å². The van der Waals surface area contributed by atoms with E-state index in [9.17, 15) is 5.11 Å². The standard InChI is InChI=1S/C15H19N3O/c19-12-5-3-4-11(8-12)9-16-15-10-17-18-14-7-2-1-6-13(14)15/h1-2,6-7,10-12,19H,3-5,8-9H2,(H,16,18). The number of anilines is 1. The molecule has 1 fully saturated rings. The minimum Gasteiger partial charge on any atom is -0.393 e. The predicted molar refractivity (Wildman–Crippen MR) is 76.0 cm³/mol. The highest BCUT2D eigenvalue weighted by Gasteiger charge is 2.19. The molecule has 2 unspecified atom stereocenters. The maximum atomic E-state index is 9.70. The van der Waals surface area contributed by atoms with Crippen molar-refractivity contribution < 1.29 is 5.11 Å². The largest absolute Gasteiger partial charge is 0.393 e. The van der Waals surface area contributed by atoms with Gasteiger partial charge in [-0.2, -0.15) is 10.2 Å². The van der Waals surface area contributed by atoms with Crippen LogP contribution in [0.2, 0.25) is 0 Å². The number of hydrogen-bond donors (Lipinski definition) is 2. The second-order valence-corrected chi connectivity index (χ2v) is 5.34. The molecule has 0 spiro atoms. The quantitative estimate of drug-likeness (QED) is 0.887. The topological polar surface area (TPSA) is 58.0 Å². The third kappa shape index (κ3) is 2.84. The molecule has 2 atom stereocenters. The maximum absolute atomic E-state index is 9.70. The van der Waals surface area contributed by atoms with Crippen molar-refractivity contribution >= 4 is 16.6 Å². The molecule has 4 heteroatoms. The molecule has 1 heterocycles. The van der Waals surface area contributed by atoms with Crippen LogP contribution in [0.15, 0.2) is 30.5 Å². The second-order valence-electron chi connectivity index (χ2n) is 5.34. The van der Waals surface area contributed by atoms with E-state index in [0.717, 1.165) is 42.4 Å². The Bertz CT molecular complexity index is 553. The van der Waals surface area contributed by atoms with Gasteiger partial charge in [-0.25, -0.2) is 0 Å². The highest BCUT2D eigenvalue weighted by atomic mass is 16.3. The lowest BCUT2D eigenvalue weighted by atomic mass is 9.87. The number of nitrogens with one attached hydrogen (secondary N) is 1. The number of aliphatic hydroxyl groups excluding tert-OH is 1. The number of aromatic nitrogens is 2. The Kier molecular flexibility index (Phi) is 3.60. The van der Waals surface area contributed by atoms with Crippen molar-refractivity contribution in [2.75, 3.05) is 11.9 Å². The molecule has 0 amide bonds. The van der Waals surface area contributed by atoms with E-state index in [-0.39, 0.29) is 6.10 Å². The number of benzene rings is 1. The summed E-state index contributed by atoms with van der Waals surface area (Å²) < 4.78 is 0. The summed E-state index contributed by atoms with van der Waals surface area (Å²) in [7, 11) is 0. The van der Waals surface area contributed by atoms with Crippen LogP contribution >= 0.6 is 0 Å². The molecule has 100 valence electrons. The van der Waals surface area contributed by atoms with Gasteiger partial charge in [0.05, 0.1) is 23.5 Å². The molecule has 2 aromatic rings. The molecule has 0 radical (unpaired) electrons. The van der Waals surface area contributed by atoms with Gasteiger partial charge in [0.2, 0.25) is 0 Å². The zero-order valence-corrected chi connectivity index (χ0v) is 10.9. The number of aliphatic hydroxyl groups is 1. The molecule has 19 heavy (non-hydrogen) atoms. The average molecular weight is 257 g/mol. The van der Waals surface area contributed by atoms with E-state index in [4.69, 9.17) is 0 Å². The zero-order valence-electron chi connectivity index (χ0n) is 10.9. The van der Waals surface area contributed by atoms with Gasteiger partial charge >= 0.3 is 0 Å². The highest BCUT2D eigenvalue weighted by Crippen LogP contribution is 2.26. The number of hydrogen-bond acceptors (Lipinski definition) is 4. The van der Waals surface area contributed by atoms with Crippen LogP contribution in [0.1, 0.15) is 25.7 Å². The van der Waals surface area contributed by atoms with Crippen LogP contribution < -0.4 is 5.32 Å². The molecule has 1 saturated carbocycles. The molecule has 3 rings (SSSR count).